The molecule has 3 fully saturated rings. The van der Waals surface area contributed by atoms with Gasteiger partial charge in [-0.3, -0.25) is 20.0 Å². The van der Waals surface area contributed by atoms with Crippen molar-refractivity contribution >= 4 is 11.9 Å². The van der Waals surface area contributed by atoms with E-state index in [1.807, 2.05) is 13.8 Å². The Bertz CT molecular complexity index is 375. The summed E-state index contributed by atoms with van der Waals surface area (Å²) in [7, 11) is 0. The summed E-state index contributed by atoms with van der Waals surface area (Å²) in [5, 5.41) is 6.18. The van der Waals surface area contributed by atoms with Crippen LogP contribution in [-0.4, -0.2) is 47.5 Å². The molecule has 1 spiro atoms. The van der Waals surface area contributed by atoms with Crippen molar-refractivity contribution in [1.82, 2.24) is 15.5 Å². The van der Waals surface area contributed by atoms with Crippen molar-refractivity contribution in [2.75, 3.05) is 13.1 Å². The molecule has 1 atom stereocenters. The van der Waals surface area contributed by atoms with E-state index >= 15 is 0 Å². The molecule has 1 unspecified atom stereocenters. The molecular weight excluding hydrogens is 216 g/mol. The summed E-state index contributed by atoms with van der Waals surface area (Å²) in [5.74, 6) is 0.752. The second-order valence-corrected chi connectivity index (χ2v) is 5.68. The van der Waals surface area contributed by atoms with Crippen LogP contribution in [0.4, 0.5) is 0 Å². The Morgan fingerprint density at radius 2 is 2.24 bits per heavy atom. The Kier molecular flexibility index (Phi) is 2.40. The van der Waals surface area contributed by atoms with Crippen LogP contribution < -0.4 is 10.6 Å². The average Bonchev–Trinajstić information content (AvgIpc) is 2.94. The minimum absolute atomic E-state index is 0.0973. The van der Waals surface area contributed by atoms with Gasteiger partial charge >= 0.3 is 0 Å². The van der Waals surface area contributed by atoms with Crippen LogP contribution in [0.2, 0.25) is 0 Å². The standard InChI is InChI=1S/C12H20N4O/c1-8(2)13-11-14-10(17)12(15-11)5-6-16(7-12)9-3-4-9/h8-9H,3-7H2,1-2H3,(H2,13,14,15,17). The highest BCUT2D eigenvalue weighted by Crippen LogP contribution is 2.34. The van der Waals surface area contributed by atoms with E-state index in [4.69, 9.17) is 0 Å². The van der Waals surface area contributed by atoms with Crippen LogP contribution in [-0.2, 0) is 4.79 Å². The van der Waals surface area contributed by atoms with Crippen LogP contribution in [0, 0.1) is 0 Å². The fourth-order valence-corrected chi connectivity index (χ4v) is 2.74. The van der Waals surface area contributed by atoms with Gasteiger partial charge in [-0.25, -0.2) is 0 Å². The first-order chi connectivity index (χ1) is 8.09. The average molecular weight is 236 g/mol. The number of carbonyl (C=O) groups excluding carboxylic acids is 1. The molecule has 1 amide bonds. The van der Waals surface area contributed by atoms with Gasteiger partial charge < -0.3 is 5.32 Å². The zero-order valence-electron chi connectivity index (χ0n) is 10.5. The third-order valence-electron chi connectivity index (χ3n) is 3.77. The van der Waals surface area contributed by atoms with Gasteiger partial charge in [0.15, 0.2) is 5.96 Å². The van der Waals surface area contributed by atoms with Gasteiger partial charge in [-0.15, -0.1) is 0 Å². The number of guanidine groups is 1. The van der Waals surface area contributed by atoms with Crippen LogP contribution in [0.3, 0.4) is 0 Å². The predicted octanol–water partition coefficient (Wildman–Crippen LogP) is 0.0771. The van der Waals surface area contributed by atoms with Gasteiger partial charge in [0, 0.05) is 25.2 Å². The van der Waals surface area contributed by atoms with Gasteiger partial charge in [-0.05, 0) is 33.1 Å². The van der Waals surface area contributed by atoms with Gasteiger partial charge in [0.2, 0.25) is 0 Å². The Hall–Kier alpha value is -1.10. The lowest BCUT2D eigenvalue weighted by Crippen LogP contribution is -2.49. The van der Waals surface area contributed by atoms with Gasteiger partial charge in [-0.1, -0.05) is 0 Å². The molecule has 5 heteroatoms. The quantitative estimate of drug-likeness (QED) is 0.714. The minimum Gasteiger partial charge on any atom is -0.340 e. The van der Waals surface area contributed by atoms with Crippen molar-refractivity contribution in [3.8, 4) is 0 Å². The van der Waals surface area contributed by atoms with Crippen molar-refractivity contribution in [2.45, 2.75) is 50.7 Å². The van der Waals surface area contributed by atoms with Crippen LogP contribution >= 0.6 is 0 Å². The van der Waals surface area contributed by atoms with Crippen molar-refractivity contribution in [3.05, 3.63) is 0 Å². The van der Waals surface area contributed by atoms with E-state index in [9.17, 15) is 4.79 Å². The smallest absolute Gasteiger partial charge is 0.253 e. The molecule has 17 heavy (non-hydrogen) atoms. The normalized spacial score (nSPS) is 35.9. The van der Waals surface area contributed by atoms with Gasteiger partial charge in [0.25, 0.3) is 5.91 Å². The molecule has 2 aliphatic heterocycles. The van der Waals surface area contributed by atoms with E-state index < -0.39 is 5.54 Å². The summed E-state index contributed by atoms with van der Waals surface area (Å²) < 4.78 is 0. The third-order valence-corrected chi connectivity index (χ3v) is 3.77. The second kappa shape index (κ2) is 3.70. The highest BCUT2D eigenvalue weighted by molar-refractivity contribution is 6.09. The number of aliphatic imine (C=N–C) groups is 1. The van der Waals surface area contributed by atoms with E-state index in [2.05, 4.69) is 20.5 Å². The van der Waals surface area contributed by atoms with Crippen LogP contribution in [0.15, 0.2) is 4.99 Å². The van der Waals surface area contributed by atoms with Crippen molar-refractivity contribution < 1.29 is 4.79 Å². The van der Waals surface area contributed by atoms with Gasteiger partial charge in [0.05, 0.1) is 0 Å². The molecule has 2 saturated heterocycles. The number of likely N-dealkylation sites (tertiary alicyclic amines) is 1. The highest BCUT2D eigenvalue weighted by Gasteiger charge is 2.52. The number of nitrogens with one attached hydrogen (secondary N) is 2. The Morgan fingerprint density at radius 1 is 1.47 bits per heavy atom. The monoisotopic (exact) mass is 236 g/mol. The molecule has 3 aliphatic rings. The van der Waals surface area contributed by atoms with E-state index in [1.165, 1.54) is 12.8 Å². The largest absolute Gasteiger partial charge is 0.340 e. The Morgan fingerprint density at radius 3 is 2.88 bits per heavy atom. The molecule has 1 aliphatic carbocycles. The number of nitrogens with zero attached hydrogens (tertiary/aromatic N) is 2. The van der Waals surface area contributed by atoms with Crippen LogP contribution in [0.25, 0.3) is 0 Å². The van der Waals surface area contributed by atoms with E-state index in [0.29, 0.717) is 5.96 Å². The SMILES string of the molecule is CC(C)N=C1NC(=O)C2(CCN(C3CC3)C2)N1. The maximum Gasteiger partial charge on any atom is 0.253 e. The third kappa shape index (κ3) is 1.92. The highest BCUT2D eigenvalue weighted by atomic mass is 16.2. The fraction of sp³-hybridized carbons (Fsp3) is 0.833. The molecule has 2 heterocycles. The summed E-state index contributed by atoms with van der Waals surface area (Å²) >= 11 is 0. The maximum atomic E-state index is 12.1. The lowest BCUT2D eigenvalue weighted by Gasteiger charge is -2.21. The number of carbonyl (C=O) groups is 1. The molecule has 0 radical (unpaired) electrons. The molecular formula is C12H20N4O. The molecule has 0 aromatic rings. The summed E-state index contributed by atoms with van der Waals surface area (Å²) in [6, 6.07) is 0.934. The van der Waals surface area contributed by atoms with E-state index in [-0.39, 0.29) is 11.9 Å². The van der Waals surface area contributed by atoms with Crippen molar-refractivity contribution in [2.24, 2.45) is 4.99 Å². The number of amides is 1. The van der Waals surface area contributed by atoms with Gasteiger partial charge in [0.1, 0.15) is 5.54 Å². The lowest BCUT2D eigenvalue weighted by atomic mass is 10.00. The first-order valence-electron chi connectivity index (χ1n) is 6.50. The Balaban J connectivity index is 1.73. The molecule has 94 valence electrons. The lowest BCUT2D eigenvalue weighted by molar-refractivity contribution is -0.123. The summed E-state index contributed by atoms with van der Waals surface area (Å²) in [6.45, 7) is 5.88. The predicted molar refractivity (Wildman–Crippen MR) is 65.8 cm³/mol. The molecule has 2 N–H and O–H groups in total. The number of hydrogen-bond acceptors (Lipinski definition) is 3. The topological polar surface area (TPSA) is 56.7 Å². The fourth-order valence-electron chi connectivity index (χ4n) is 2.74. The molecule has 1 saturated carbocycles. The van der Waals surface area contributed by atoms with E-state index in [1.54, 1.807) is 0 Å². The first kappa shape index (κ1) is 11.0. The maximum absolute atomic E-state index is 12.1. The molecule has 0 aromatic heterocycles. The minimum atomic E-state index is -0.406. The molecule has 5 nitrogen and oxygen atoms in total. The summed E-state index contributed by atoms with van der Waals surface area (Å²) in [6.07, 6.45) is 3.49. The first-order valence-corrected chi connectivity index (χ1v) is 6.50. The number of hydrogen-bond donors (Lipinski definition) is 2. The second-order valence-electron chi connectivity index (χ2n) is 5.68. The Labute approximate surface area is 102 Å². The van der Waals surface area contributed by atoms with Crippen LogP contribution in [0.5, 0.6) is 0 Å². The summed E-state index contributed by atoms with van der Waals surface area (Å²) in [5.41, 5.74) is -0.406. The van der Waals surface area contributed by atoms with Crippen LogP contribution in [0.1, 0.15) is 33.1 Å². The molecule has 0 bridgehead atoms. The number of rotatable bonds is 2. The van der Waals surface area contributed by atoms with Gasteiger partial charge in [-0.2, -0.15) is 0 Å². The molecule has 3 rings (SSSR count). The zero-order valence-corrected chi connectivity index (χ0v) is 10.5. The molecule has 0 aromatic carbocycles. The van der Waals surface area contributed by atoms with E-state index in [0.717, 1.165) is 25.6 Å². The van der Waals surface area contributed by atoms with Crippen molar-refractivity contribution in [1.29, 1.82) is 0 Å². The zero-order chi connectivity index (χ0) is 12.0. The van der Waals surface area contributed by atoms with Crippen molar-refractivity contribution in [3.63, 3.8) is 0 Å². The summed E-state index contributed by atoms with van der Waals surface area (Å²) in [4.78, 5) is 18.9.